The molecule has 2 rings (SSSR count). The van der Waals surface area contributed by atoms with Gasteiger partial charge in [-0.2, -0.15) is 0 Å². The molecule has 1 atom stereocenters. The second-order valence-corrected chi connectivity index (χ2v) is 4.39. The summed E-state index contributed by atoms with van der Waals surface area (Å²) in [7, 11) is 0. The highest BCUT2D eigenvalue weighted by Crippen LogP contribution is 2.19. The van der Waals surface area contributed by atoms with Crippen LogP contribution in [-0.4, -0.2) is 24.7 Å². The third-order valence-electron chi connectivity index (χ3n) is 2.54. The zero-order chi connectivity index (χ0) is 11.4. The van der Waals surface area contributed by atoms with Gasteiger partial charge in [-0.3, -0.25) is 0 Å². The van der Waals surface area contributed by atoms with Crippen LogP contribution in [0.25, 0.3) is 0 Å². The normalized spacial score (nSPS) is 24.0. The average Bonchev–Trinajstić information content (AvgIpc) is 2.60. The SMILES string of the molecule is CC1=NC(C)(COCc2ccccc2)CO1. The Hall–Kier alpha value is -1.35. The van der Waals surface area contributed by atoms with Gasteiger partial charge in [0.05, 0.1) is 13.2 Å². The molecule has 0 amide bonds. The van der Waals surface area contributed by atoms with E-state index in [-0.39, 0.29) is 5.54 Å². The van der Waals surface area contributed by atoms with Crippen molar-refractivity contribution in [2.45, 2.75) is 26.0 Å². The van der Waals surface area contributed by atoms with Crippen LogP contribution in [0, 0.1) is 0 Å². The molecule has 0 saturated carbocycles. The Morgan fingerprint density at radius 3 is 2.75 bits per heavy atom. The van der Waals surface area contributed by atoms with Crippen molar-refractivity contribution in [2.24, 2.45) is 4.99 Å². The first kappa shape index (κ1) is 11.1. The van der Waals surface area contributed by atoms with Crippen molar-refractivity contribution in [1.82, 2.24) is 0 Å². The Kier molecular flexibility index (Phi) is 3.25. The van der Waals surface area contributed by atoms with Crippen LogP contribution >= 0.6 is 0 Å². The number of hydrogen-bond donors (Lipinski definition) is 0. The van der Waals surface area contributed by atoms with E-state index >= 15 is 0 Å². The summed E-state index contributed by atoms with van der Waals surface area (Å²) in [5.41, 5.74) is 0.976. The topological polar surface area (TPSA) is 30.8 Å². The summed E-state index contributed by atoms with van der Waals surface area (Å²) >= 11 is 0. The van der Waals surface area contributed by atoms with E-state index in [2.05, 4.69) is 24.0 Å². The number of hydrogen-bond acceptors (Lipinski definition) is 3. The average molecular weight is 219 g/mol. The lowest BCUT2D eigenvalue weighted by atomic mass is 10.1. The van der Waals surface area contributed by atoms with Gasteiger partial charge in [0.1, 0.15) is 12.1 Å². The molecule has 0 fully saturated rings. The Labute approximate surface area is 96.1 Å². The second kappa shape index (κ2) is 4.66. The largest absolute Gasteiger partial charge is 0.479 e. The van der Waals surface area contributed by atoms with Gasteiger partial charge in [0.25, 0.3) is 0 Å². The fourth-order valence-corrected chi connectivity index (χ4v) is 1.74. The maximum Gasteiger partial charge on any atom is 0.180 e. The lowest BCUT2D eigenvalue weighted by Crippen LogP contribution is -2.30. The molecule has 1 heterocycles. The van der Waals surface area contributed by atoms with Gasteiger partial charge in [0.2, 0.25) is 0 Å². The van der Waals surface area contributed by atoms with E-state index in [1.807, 2.05) is 25.1 Å². The van der Waals surface area contributed by atoms with Gasteiger partial charge < -0.3 is 9.47 Å². The van der Waals surface area contributed by atoms with Gasteiger partial charge in [-0.1, -0.05) is 30.3 Å². The molecule has 1 unspecified atom stereocenters. The van der Waals surface area contributed by atoms with Crippen molar-refractivity contribution in [3.63, 3.8) is 0 Å². The van der Waals surface area contributed by atoms with E-state index in [1.54, 1.807) is 0 Å². The highest BCUT2D eigenvalue weighted by Gasteiger charge is 2.30. The minimum absolute atomic E-state index is 0.209. The van der Waals surface area contributed by atoms with Crippen LogP contribution in [0.4, 0.5) is 0 Å². The molecule has 0 N–H and O–H groups in total. The summed E-state index contributed by atoms with van der Waals surface area (Å²) in [4.78, 5) is 4.42. The molecule has 0 aromatic heterocycles. The third kappa shape index (κ3) is 2.83. The molecule has 0 bridgehead atoms. The van der Waals surface area contributed by atoms with Crippen molar-refractivity contribution in [3.8, 4) is 0 Å². The molecule has 0 radical (unpaired) electrons. The van der Waals surface area contributed by atoms with Crippen molar-refractivity contribution >= 4 is 5.90 Å². The molecule has 1 aliphatic rings. The molecular formula is C13H17NO2. The molecule has 3 heteroatoms. The number of nitrogens with zero attached hydrogens (tertiary/aromatic N) is 1. The van der Waals surface area contributed by atoms with Gasteiger partial charge in [0, 0.05) is 6.92 Å². The maximum absolute atomic E-state index is 5.67. The van der Waals surface area contributed by atoms with E-state index in [0.29, 0.717) is 19.8 Å². The molecule has 1 aromatic rings. The molecular weight excluding hydrogens is 202 g/mol. The minimum atomic E-state index is -0.209. The van der Waals surface area contributed by atoms with E-state index < -0.39 is 0 Å². The Morgan fingerprint density at radius 1 is 1.38 bits per heavy atom. The van der Waals surface area contributed by atoms with Crippen LogP contribution < -0.4 is 0 Å². The van der Waals surface area contributed by atoms with E-state index in [0.717, 1.165) is 5.90 Å². The number of rotatable bonds is 4. The van der Waals surface area contributed by atoms with E-state index in [9.17, 15) is 0 Å². The van der Waals surface area contributed by atoms with Gasteiger partial charge in [-0.05, 0) is 12.5 Å². The summed E-state index contributed by atoms with van der Waals surface area (Å²) < 4.78 is 11.0. The lowest BCUT2D eigenvalue weighted by Gasteiger charge is -2.18. The monoisotopic (exact) mass is 219 g/mol. The predicted molar refractivity (Wildman–Crippen MR) is 63.6 cm³/mol. The van der Waals surface area contributed by atoms with Crippen LogP contribution in [0.2, 0.25) is 0 Å². The number of benzene rings is 1. The molecule has 16 heavy (non-hydrogen) atoms. The fraction of sp³-hybridized carbons (Fsp3) is 0.462. The van der Waals surface area contributed by atoms with Crippen LogP contribution in [0.1, 0.15) is 19.4 Å². The molecule has 0 aliphatic carbocycles. The first-order valence-electron chi connectivity index (χ1n) is 5.49. The van der Waals surface area contributed by atoms with Crippen molar-refractivity contribution in [2.75, 3.05) is 13.2 Å². The smallest absolute Gasteiger partial charge is 0.180 e. The zero-order valence-electron chi connectivity index (χ0n) is 9.77. The predicted octanol–water partition coefficient (Wildman–Crippen LogP) is 2.41. The van der Waals surface area contributed by atoms with Crippen molar-refractivity contribution in [1.29, 1.82) is 0 Å². The first-order chi connectivity index (χ1) is 7.68. The fourth-order valence-electron chi connectivity index (χ4n) is 1.74. The summed E-state index contributed by atoms with van der Waals surface area (Å²) in [6.07, 6.45) is 0. The highest BCUT2D eigenvalue weighted by atomic mass is 16.5. The molecule has 86 valence electrons. The minimum Gasteiger partial charge on any atom is -0.479 e. The van der Waals surface area contributed by atoms with Crippen molar-refractivity contribution < 1.29 is 9.47 Å². The zero-order valence-corrected chi connectivity index (χ0v) is 9.77. The Balaban J connectivity index is 1.81. The summed E-state index contributed by atoms with van der Waals surface area (Å²) in [6.45, 7) is 5.77. The molecule has 3 nitrogen and oxygen atoms in total. The van der Waals surface area contributed by atoms with Crippen LogP contribution in [0.5, 0.6) is 0 Å². The maximum atomic E-state index is 5.67. The van der Waals surface area contributed by atoms with Gasteiger partial charge in [-0.25, -0.2) is 4.99 Å². The first-order valence-corrected chi connectivity index (χ1v) is 5.49. The number of ether oxygens (including phenoxy) is 2. The molecule has 1 aromatic carbocycles. The van der Waals surface area contributed by atoms with Gasteiger partial charge in [-0.15, -0.1) is 0 Å². The van der Waals surface area contributed by atoms with Crippen LogP contribution in [-0.2, 0) is 16.1 Å². The van der Waals surface area contributed by atoms with Crippen LogP contribution in [0.15, 0.2) is 35.3 Å². The summed E-state index contributed by atoms with van der Waals surface area (Å²) in [5.74, 6) is 0.755. The van der Waals surface area contributed by atoms with E-state index in [4.69, 9.17) is 9.47 Å². The lowest BCUT2D eigenvalue weighted by molar-refractivity contribution is 0.0689. The Morgan fingerprint density at radius 2 is 2.12 bits per heavy atom. The van der Waals surface area contributed by atoms with Gasteiger partial charge in [0.15, 0.2) is 5.90 Å². The van der Waals surface area contributed by atoms with E-state index in [1.165, 1.54) is 5.56 Å². The highest BCUT2D eigenvalue weighted by molar-refractivity contribution is 5.75. The second-order valence-electron chi connectivity index (χ2n) is 4.39. The quantitative estimate of drug-likeness (QED) is 0.778. The summed E-state index contributed by atoms with van der Waals surface area (Å²) in [5, 5.41) is 0. The van der Waals surface area contributed by atoms with Crippen LogP contribution in [0.3, 0.4) is 0 Å². The standard InChI is InChI=1S/C13H17NO2/c1-11-14-13(2,10-16-11)9-15-8-12-6-4-3-5-7-12/h3-7H,8-10H2,1-2H3. The van der Waals surface area contributed by atoms with Crippen molar-refractivity contribution in [3.05, 3.63) is 35.9 Å². The number of aliphatic imine (C=N–C) groups is 1. The Bertz CT molecular complexity index is 375. The summed E-state index contributed by atoms with van der Waals surface area (Å²) in [6, 6.07) is 10.1. The third-order valence-corrected chi connectivity index (χ3v) is 2.54. The molecule has 0 saturated heterocycles. The molecule has 1 aliphatic heterocycles. The van der Waals surface area contributed by atoms with Gasteiger partial charge >= 0.3 is 0 Å². The molecule has 0 spiro atoms.